The van der Waals surface area contributed by atoms with Crippen LogP contribution in [0.2, 0.25) is 0 Å². The number of anilines is 2. The zero-order valence-electron chi connectivity index (χ0n) is 23.3. The second kappa shape index (κ2) is 13.0. The monoisotopic (exact) mass is 540 g/mol. The first-order valence-corrected chi connectivity index (χ1v) is 13.5. The molecule has 8 nitrogen and oxygen atoms in total. The number of nitrogens with one attached hydrogen (secondary N) is 1. The molecular weight excluding hydrogens is 504 g/mol. The van der Waals surface area contributed by atoms with Crippen LogP contribution in [0.25, 0.3) is 0 Å². The molecule has 2 amide bonds. The molecule has 1 heterocycles. The predicted octanol–water partition coefficient (Wildman–Crippen LogP) is 5.98. The number of piperidine rings is 1. The van der Waals surface area contributed by atoms with Crippen molar-refractivity contribution in [1.82, 2.24) is 4.90 Å². The highest BCUT2D eigenvalue weighted by molar-refractivity contribution is 5.94. The Morgan fingerprint density at radius 3 is 2.35 bits per heavy atom. The lowest BCUT2D eigenvalue weighted by Gasteiger charge is -2.33. The molecule has 0 unspecified atom stereocenters. The molecular formula is C32H36N4O4. The fraction of sp³-hybridized carbons (Fsp3) is 0.344. The van der Waals surface area contributed by atoms with Gasteiger partial charge in [0, 0.05) is 43.9 Å². The molecule has 40 heavy (non-hydrogen) atoms. The van der Waals surface area contributed by atoms with Crippen LogP contribution in [0.5, 0.6) is 5.75 Å². The van der Waals surface area contributed by atoms with E-state index in [-0.39, 0.29) is 24.6 Å². The van der Waals surface area contributed by atoms with Crippen LogP contribution in [0, 0.1) is 11.3 Å². The smallest absolute Gasteiger partial charge is 0.410 e. The van der Waals surface area contributed by atoms with Gasteiger partial charge in [-0.25, -0.2) is 4.79 Å². The lowest BCUT2D eigenvalue weighted by atomic mass is 10.1. The maximum atomic E-state index is 13.0. The number of amides is 2. The lowest BCUT2D eigenvalue weighted by Crippen LogP contribution is -2.44. The molecule has 0 spiro atoms. The minimum atomic E-state index is -0.510. The zero-order valence-corrected chi connectivity index (χ0v) is 23.3. The van der Waals surface area contributed by atoms with Crippen LogP contribution in [-0.4, -0.2) is 48.2 Å². The van der Waals surface area contributed by atoms with Crippen LogP contribution >= 0.6 is 0 Å². The van der Waals surface area contributed by atoms with Gasteiger partial charge in [0.05, 0.1) is 18.2 Å². The molecule has 4 rings (SSSR count). The molecule has 1 fully saturated rings. The largest absolute Gasteiger partial charge is 0.490 e. The number of nitriles is 1. The Balaban J connectivity index is 1.31. The third-order valence-electron chi connectivity index (χ3n) is 6.43. The van der Waals surface area contributed by atoms with Gasteiger partial charge in [-0.15, -0.1) is 0 Å². The van der Waals surface area contributed by atoms with E-state index < -0.39 is 5.60 Å². The number of rotatable bonds is 8. The van der Waals surface area contributed by atoms with Crippen molar-refractivity contribution in [2.75, 3.05) is 29.9 Å². The summed E-state index contributed by atoms with van der Waals surface area (Å²) in [5, 5.41) is 12.3. The molecule has 3 aromatic carbocycles. The van der Waals surface area contributed by atoms with Crippen LogP contribution in [0.3, 0.4) is 0 Å². The van der Waals surface area contributed by atoms with Crippen molar-refractivity contribution < 1.29 is 19.1 Å². The van der Waals surface area contributed by atoms with Gasteiger partial charge in [-0.2, -0.15) is 5.26 Å². The van der Waals surface area contributed by atoms with Crippen molar-refractivity contribution >= 4 is 23.4 Å². The maximum Gasteiger partial charge on any atom is 0.410 e. The summed E-state index contributed by atoms with van der Waals surface area (Å²) in [7, 11) is 0. The van der Waals surface area contributed by atoms with E-state index in [1.54, 1.807) is 17.0 Å². The summed E-state index contributed by atoms with van der Waals surface area (Å²) < 4.78 is 11.6. The first kappa shape index (κ1) is 28.5. The van der Waals surface area contributed by atoms with Gasteiger partial charge < -0.3 is 24.6 Å². The Labute approximate surface area is 236 Å². The minimum absolute atomic E-state index is 0.00912. The van der Waals surface area contributed by atoms with Gasteiger partial charge in [-0.1, -0.05) is 36.4 Å². The van der Waals surface area contributed by atoms with Gasteiger partial charge in [-0.3, -0.25) is 4.79 Å². The SMILES string of the molecule is CC(C)(C)OC(=O)N1CCC(Oc2ccc(NC(=O)CN(Cc3ccccc3)c3cccc(C#N)c3)cc2)CC1. The molecule has 0 aliphatic carbocycles. The van der Waals surface area contributed by atoms with Crippen molar-refractivity contribution in [1.29, 1.82) is 5.26 Å². The number of benzene rings is 3. The minimum Gasteiger partial charge on any atom is -0.490 e. The summed E-state index contributed by atoms with van der Waals surface area (Å²) in [5.41, 5.74) is 2.57. The van der Waals surface area contributed by atoms with E-state index in [1.165, 1.54) is 0 Å². The second-order valence-corrected chi connectivity index (χ2v) is 10.9. The van der Waals surface area contributed by atoms with Gasteiger partial charge >= 0.3 is 6.09 Å². The van der Waals surface area contributed by atoms with Gasteiger partial charge in [0.25, 0.3) is 0 Å². The summed E-state index contributed by atoms with van der Waals surface area (Å²) in [6.07, 6.45) is 1.17. The van der Waals surface area contributed by atoms with E-state index in [1.807, 2.05) is 92.4 Å². The third-order valence-corrected chi connectivity index (χ3v) is 6.43. The Hall–Kier alpha value is -4.51. The molecule has 0 atom stereocenters. The Morgan fingerprint density at radius 2 is 1.70 bits per heavy atom. The molecule has 8 heteroatoms. The van der Waals surface area contributed by atoms with E-state index in [0.29, 0.717) is 36.6 Å². The fourth-order valence-electron chi connectivity index (χ4n) is 4.48. The molecule has 3 aromatic rings. The fourth-order valence-corrected chi connectivity index (χ4v) is 4.48. The van der Waals surface area contributed by atoms with E-state index in [0.717, 1.165) is 24.1 Å². The van der Waals surface area contributed by atoms with Crippen LogP contribution in [0.15, 0.2) is 78.9 Å². The number of nitrogens with zero attached hydrogens (tertiary/aromatic N) is 3. The molecule has 1 aliphatic heterocycles. The molecule has 0 saturated carbocycles. The van der Waals surface area contributed by atoms with Crippen LogP contribution in [0.1, 0.15) is 44.7 Å². The summed E-state index contributed by atoms with van der Waals surface area (Å²) in [6, 6.07) is 26.7. The van der Waals surface area contributed by atoms with Crippen molar-refractivity contribution in [3.63, 3.8) is 0 Å². The molecule has 1 N–H and O–H groups in total. The van der Waals surface area contributed by atoms with E-state index in [2.05, 4.69) is 11.4 Å². The number of carbonyl (C=O) groups is 2. The van der Waals surface area contributed by atoms with E-state index in [4.69, 9.17) is 9.47 Å². The second-order valence-electron chi connectivity index (χ2n) is 10.9. The molecule has 1 saturated heterocycles. The molecule has 0 bridgehead atoms. The zero-order chi connectivity index (χ0) is 28.5. The Kier molecular flexibility index (Phi) is 9.28. The highest BCUT2D eigenvalue weighted by Gasteiger charge is 2.27. The quantitative estimate of drug-likeness (QED) is 0.378. The summed E-state index contributed by atoms with van der Waals surface area (Å²) in [4.78, 5) is 29.0. The van der Waals surface area contributed by atoms with Crippen LogP contribution in [-0.2, 0) is 16.1 Å². The normalized spacial score (nSPS) is 13.7. The number of likely N-dealkylation sites (tertiary alicyclic amines) is 1. The molecule has 208 valence electrons. The van der Waals surface area contributed by atoms with Gasteiger partial charge in [0.15, 0.2) is 0 Å². The molecule has 0 aromatic heterocycles. The van der Waals surface area contributed by atoms with Crippen LogP contribution < -0.4 is 15.0 Å². The standard InChI is InChI=1S/C32H36N4O4/c1-32(2,3)40-31(38)35-18-16-29(17-19-35)39-28-14-12-26(13-15-28)34-30(37)23-36(22-24-8-5-4-6-9-24)27-11-7-10-25(20-27)21-33/h4-15,20,29H,16-19,22-23H2,1-3H3,(H,34,37). The average molecular weight is 541 g/mol. The highest BCUT2D eigenvalue weighted by atomic mass is 16.6. The van der Waals surface area contributed by atoms with Crippen molar-refractivity contribution in [2.24, 2.45) is 0 Å². The topological polar surface area (TPSA) is 94.9 Å². The van der Waals surface area contributed by atoms with Gasteiger partial charge in [0.2, 0.25) is 5.91 Å². The number of ether oxygens (including phenoxy) is 2. The molecule has 1 aliphatic rings. The van der Waals surface area contributed by atoms with Crippen LogP contribution in [0.4, 0.5) is 16.2 Å². The van der Waals surface area contributed by atoms with Crippen molar-refractivity contribution in [3.8, 4) is 11.8 Å². The summed E-state index contributed by atoms with van der Waals surface area (Å²) in [5.74, 6) is 0.550. The van der Waals surface area contributed by atoms with Crippen molar-refractivity contribution in [2.45, 2.75) is 51.9 Å². The van der Waals surface area contributed by atoms with Gasteiger partial charge in [-0.05, 0) is 68.8 Å². The lowest BCUT2D eigenvalue weighted by molar-refractivity contribution is -0.115. The Morgan fingerprint density at radius 1 is 1.00 bits per heavy atom. The predicted molar refractivity (Wildman–Crippen MR) is 155 cm³/mol. The average Bonchev–Trinajstić information content (AvgIpc) is 2.94. The summed E-state index contributed by atoms with van der Waals surface area (Å²) in [6.45, 7) is 7.42. The Bertz CT molecular complexity index is 1320. The molecule has 0 radical (unpaired) electrons. The first-order valence-electron chi connectivity index (χ1n) is 13.5. The summed E-state index contributed by atoms with van der Waals surface area (Å²) >= 11 is 0. The number of hydrogen-bond donors (Lipinski definition) is 1. The van der Waals surface area contributed by atoms with E-state index >= 15 is 0 Å². The number of hydrogen-bond acceptors (Lipinski definition) is 6. The third kappa shape index (κ3) is 8.50. The van der Waals surface area contributed by atoms with Crippen molar-refractivity contribution in [3.05, 3.63) is 90.0 Å². The highest BCUT2D eigenvalue weighted by Crippen LogP contribution is 2.23. The number of carbonyl (C=O) groups excluding carboxylic acids is 2. The maximum absolute atomic E-state index is 13.0. The van der Waals surface area contributed by atoms with E-state index in [9.17, 15) is 14.9 Å². The van der Waals surface area contributed by atoms with Gasteiger partial charge in [0.1, 0.15) is 17.5 Å². The first-order chi connectivity index (χ1) is 19.2.